The van der Waals surface area contributed by atoms with Crippen molar-refractivity contribution in [3.05, 3.63) is 107 Å². The Morgan fingerprint density at radius 1 is 0.909 bits per heavy atom. The summed E-state index contributed by atoms with van der Waals surface area (Å²) in [6.07, 6.45) is 2.30. The number of para-hydroxylation sites is 1. The van der Waals surface area contributed by atoms with Crippen molar-refractivity contribution in [1.29, 1.82) is 0 Å². The molecule has 33 heavy (non-hydrogen) atoms. The summed E-state index contributed by atoms with van der Waals surface area (Å²) >= 11 is 1.62. The first kappa shape index (κ1) is 22.7. The predicted molar refractivity (Wildman–Crippen MR) is 139 cm³/mol. The molecular weight excluding hydrogens is 426 g/mol. The lowest BCUT2D eigenvalue weighted by atomic mass is 10.0. The van der Waals surface area contributed by atoms with E-state index in [1.165, 1.54) is 12.1 Å². The summed E-state index contributed by atoms with van der Waals surface area (Å²) < 4.78 is 0. The number of nitrogens with zero attached hydrogens (tertiary/aromatic N) is 2. The molecule has 1 aromatic heterocycles. The SMILES string of the molecule is CC.O=C(c1ccccc1)c1ccc(Nc2nc(C3CCCN3c3ccccc3)cs2)cc1. The van der Waals surface area contributed by atoms with Crippen molar-refractivity contribution in [3.8, 4) is 0 Å². The first-order valence-electron chi connectivity index (χ1n) is 11.5. The Hall–Kier alpha value is -3.44. The molecule has 168 valence electrons. The molecule has 4 aromatic rings. The number of nitrogens with one attached hydrogen (secondary N) is 1. The third-order valence-electron chi connectivity index (χ3n) is 5.64. The van der Waals surface area contributed by atoms with Crippen molar-refractivity contribution in [2.45, 2.75) is 32.7 Å². The molecule has 4 nitrogen and oxygen atoms in total. The molecule has 5 rings (SSSR count). The van der Waals surface area contributed by atoms with Gasteiger partial charge in [-0.05, 0) is 49.2 Å². The molecule has 0 amide bonds. The number of aromatic nitrogens is 1. The Balaban J connectivity index is 0.00000126. The van der Waals surface area contributed by atoms with Crippen LogP contribution in [-0.4, -0.2) is 17.3 Å². The zero-order valence-electron chi connectivity index (χ0n) is 19.1. The lowest BCUT2D eigenvalue weighted by molar-refractivity contribution is 0.103. The fourth-order valence-electron chi connectivity index (χ4n) is 4.08. The summed E-state index contributed by atoms with van der Waals surface area (Å²) in [4.78, 5) is 19.9. The van der Waals surface area contributed by atoms with Gasteiger partial charge in [0.25, 0.3) is 0 Å². The number of ketones is 1. The standard InChI is InChI=1S/C26H23N3OS.C2H6/c30-25(19-8-3-1-4-9-19)20-13-15-21(16-14-20)27-26-28-23(18-31-26)24-12-7-17-29(24)22-10-5-2-6-11-22;1-2/h1-6,8-11,13-16,18,24H,7,12,17H2,(H,27,28);1-2H3. The molecule has 0 spiro atoms. The highest BCUT2D eigenvalue weighted by Gasteiger charge is 2.28. The molecule has 0 saturated carbocycles. The van der Waals surface area contributed by atoms with Crippen LogP contribution in [0.4, 0.5) is 16.5 Å². The Morgan fingerprint density at radius 3 is 2.24 bits per heavy atom. The molecule has 0 bridgehead atoms. The number of hydrogen-bond acceptors (Lipinski definition) is 5. The Labute approximate surface area is 199 Å². The highest BCUT2D eigenvalue weighted by molar-refractivity contribution is 7.13. The zero-order valence-corrected chi connectivity index (χ0v) is 19.9. The van der Waals surface area contributed by atoms with Crippen LogP contribution in [0.1, 0.15) is 54.3 Å². The summed E-state index contributed by atoms with van der Waals surface area (Å²) in [7, 11) is 0. The highest BCUT2D eigenvalue weighted by atomic mass is 32.1. The molecule has 3 aromatic carbocycles. The van der Waals surface area contributed by atoms with Gasteiger partial charge in [-0.3, -0.25) is 4.79 Å². The third kappa shape index (κ3) is 5.32. The number of benzene rings is 3. The molecule has 1 unspecified atom stereocenters. The van der Waals surface area contributed by atoms with E-state index in [0.717, 1.165) is 29.5 Å². The molecule has 0 aliphatic carbocycles. The summed E-state index contributed by atoms with van der Waals surface area (Å²) in [5, 5.41) is 6.41. The van der Waals surface area contributed by atoms with E-state index in [-0.39, 0.29) is 5.78 Å². The quantitative estimate of drug-likeness (QED) is 0.306. The van der Waals surface area contributed by atoms with E-state index in [0.29, 0.717) is 17.2 Å². The smallest absolute Gasteiger partial charge is 0.193 e. The van der Waals surface area contributed by atoms with E-state index in [2.05, 4.69) is 45.9 Å². The van der Waals surface area contributed by atoms with Gasteiger partial charge in [-0.2, -0.15) is 0 Å². The van der Waals surface area contributed by atoms with E-state index in [9.17, 15) is 4.79 Å². The molecule has 0 radical (unpaired) electrons. The minimum absolute atomic E-state index is 0.0333. The van der Waals surface area contributed by atoms with Crippen molar-refractivity contribution in [3.63, 3.8) is 0 Å². The predicted octanol–water partition coefficient (Wildman–Crippen LogP) is 7.49. The van der Waals surface area contributed by atoms with Crippen LogP contribution in [0.3, 0.4) is 0 Å². The molecule has 1 N–H and O–H groups in total. The minimum atomic E-state index is 0.0333. The van der Waals surface area contributed by atoms with Gasteiger partial charge >= 0.3 is 0 Å². The number of hydrogen-bond donors (Lipinski definition) is 1. The van der Waals surface area contributed by atoms with Crippen LogP contribution in [0.2, 0.25) is 0 Å². The topological polar surface area (TPSA) is 45.2 Å². The molecule has 1 atom stereocenters. The normalized spacial score (nSPS) is 15.0. The molecule has 1 aliphatic heterocycles. The van der Waals surface area contributed by atoms with E-state index < -0.39 is 0 Å². The summed E-state index contributed by atoms with van der Waals surface area (Å²) in [6, 6.07) is 27.8. The Bertz CT molecular complexity index is 1160. The van der Waals surface area contributed by atoms with Gasteiger partial charge in [0.1, 0.15) is 0 Å². The van der Waals surface area contributed by atoms with E-state index in [1.807, 2.05) is 68.4 Å². The van der Waals surface area contributed by atoms with Gasteiger partial charge in [0.05, 0.1) is 11.7 Å². The van der Waals surface area contributed by atoms with Crippen LogP contribution >= 0.6 is 11.3 Å². The summed E-state index contributed by atoms with van der Waals surface area (Å²) in [6.45, 7) is 5.06. The maximum absolute atomic E-state index is 12.6. The first-order chi connectivity index (χ1) is 16.3. The van der Waals surface area contributed by atoms with Crippen LogP contribution in [0.25, 0.3) is 0 Å². The second-order valence-electron chi connectivity index (χ2n) is 7.66. The first-order valence-corrected chi connectivity index (χ1v) is 12.4. The van der Waals surface area contributed by atoms with Crippen molar-refractivity contribution >= 4 is 33.6 Å². The van der Waals surface area contributed by atoms with Crippen LogP contribution in [0, 0.1) is 0 Å². The maximum Gasteiger partial charge on any atom is 0.193 e. The number of thiazole rings is 1. The average Bonchev–Trinajstić information content (AvgIpc) is 3.56. The van der Waals surface area contributed by atoms with Gasteiger partial charge in [0.2, 0.25) is 0 Å². The lowest BCUT2D eigenvalue weighted by Crippen LogP contribution is -2.22. The van der Waals surface area contributed by atoms with Gasteiger partial charge in [-0.1, -0.05) is 62.4 Å². The van der Waals surface area contributed by atoms with Crippen LogP contribution < -0.4 is 10.2 Å². The number of rotatable bonds is 6. The minimum Gasteiger partial charge on any atom is -0.363 e. The number of carbonyl (C=O) groups excluding carboxylic acids is 1. The summed E-state index contributed by atoms with van der Waals surface area (Å²) in [5.74, 6) is 0.0333. The monoisotopic (exact) mass is 455 g/mol. The molecule has 1 fully saturated rings. The Morgan fingerprint density at radius 2 is 1.55 bits per heavy atom. The van der Waals surface area contributed by atoms with Crippen molar-refractivity contribution in [2.75, 3.05) is 16.8 Å². The molecular formula is C28H29N3OS. The lowest BCUT2D eigenvalue weighted by Gasteiger charge is -2.25. The molecule has 2 heterocycles. The van der Waals surface area contributed by atoms with Gasteiger partial charge < -0.3 is 10.2 Å². The average molecular weight is 456 g/mol. The van der Waals surface area contributed by atoms with E-state index in [1.54, 1.807) is 11.3 Å². The molecule has 1 saturated heterocycles. The number of carbonyl (C=O) groups is 1. The highest BCUT2D eigenvalue weighted by Crippen LogP contribution is 2.37. The fraction of sp³-hybridized carbons (Fsp3) is 0.214. The van der Waals surface area contributed by atoms with Gasteiger partial charge in [0, 0.05) is 34.4 Å². The molecule has 1 aliphatic rings. The fourth-order valence-corrected chi connectivity index (χ4v) is 4.86. The second kappa shape index (κ2) is 10.9. The van der Waals surface area contributed by atoms with E-state index >= 15 is 0 Å². The van der Waals surface area contributed by atoms with Crippen LogP contribution in [0.15, 0.2) is 90.3 Å². The number of anilines is 3. The van der Waals surface area contributed by atoms with Crippen molar-refractivity contribution < 1.29 is 4.79 Å². The van der Waals surface area contributed by atoms with Gasteiger partial charge in [0.15, 0.2) is 10.9 Å². The van der Waals surface area contributed by atoms with Crippen LogP contribution in [-0.2, 0) is 0 Å². The van der Waals surface area contributed by atoms with Crippen molar-refractivity contribution in [2.24, 2.45) is 0 Å². The second-order valence-corrected chi connectivity index (χ2v) is 8.52. The Kier molecular flexibility index (Phi) is 7.53. The molecule has 5 heteroatoms. The van der Waals surface area contributed by atoms with Crippen LogP contribution in [0.5, 0.6) is 0 Å². The van der Waals surface area contributed by atoms with E-state index in [4.69, 9.17) is 4.98 Å². The zero-order chi connectivity index (χ0) is 23.0. The third-order valence-corrected chi connectivity index (χ3v) is 6.41. The largest absolute Gasteiger partial charge is 0.363 e. The van der Waals surface area contributed by atoms with Gasteiger partial charge in [-0.15, -0.1) is 11.3 Å². The summed E-state index contributed by atoms with van der Waals surface area (Å²) in [5.41, 5.74) is 4.68. The maximum atomic E-state index is 12.6. The van der Waals surface area contributed by atoms with Crippen molar-refractivity contribution in [1.82, 2.24) is 4.98 Å². The van der Waals surface area contributed by atoms with Gasteiger partial charge in [-0.25, -0.2) is 4.98 Å².